The Bertz CT molecular complexity index is 684. The molecule has 1 N–H and O–H groups in total. The largest absolute Gasteiger partial charge is 0.481 e. The first-order valence-electron chi connectivity index (χ1n) is 6.36. The minimum Gasteiger partial charge on any atom is -0.481 e. The van der Waals surface area contributed by atoms with Crippen LogP contribution < -0.4 is 4.90 Å². The standard InChI is InChI=1S/C14H14N2O3S/c1-7-3-10-11(4-8(7)2)20-14(15-10)16-6-9(13(18)19)5-12(16)17/h3-4,9H,5-6H2,1-2H3,(H,18,19). The van der Waals surface area contributed by atoms with Gasteiger partial charge in [0.05, 0.1) is 16.1 Å². The summed E-state index contributed by atoms with van der Waals surface area (Å²) >= 11 is 1.44. The average molecular weight is 290 g/mol. The first-order chi connectivity index (χ1) is 9.45. The van der Waals surface area contributed by atoms with E-state index in [9.17, 15) is 9.59 Å². The quantitative estimate of drug-likeness (QED) is 0.921. The van der Waals surface area contributed by atoms with Crippen LogP contribution in [0.15, 0.2) is 12.1 Å². The van der Waals surface area contributed by atoms with E-state index in [2.05, 4.69) is 11.1 Å². The van der Waals surface area contributed by atoms with Crippen molar-refractivity contribution in [3.63, 3.8) is 0 Å². The van der Waals surface area contributed by atoms with Crippen LogP contribution in [0.4, 0.5) is 5.13 Å². The lowest BCUT2D eigenvalue weighted by molar-refractivity contribution is -0.141. The fourth-order valence-corrected chi connectivity index (χ4v) is 3.41. The van der Waals surface area contributed by atoms with Crippen molar-refractivity contribution in [2.75, 3.05) is 11.4 Å². The predicted molar refractivity (Wildman–Crippen MR) is 77.2 cm³/mol. The van der Waals surface area contributed by atoms with Crippen molar-refractivity contribution >= 4 is 38.6 Å². The summed E-state index contributed by atoms with van der Waals surface area (Å²) in [7, 11) is 0. The zero-order valence-electron chi connectivity index (χ0n) is 11.2. The summed E-state index contributed by atoms with van der Waals surface area (Å²) in [6.07, 6.45) is 0.0588. The Labute approximate surface area is 119 Å². The smallest absolute Gasteiger partial charge is 0.308 e. The van der Waals surface area contributed by atoms with Gasteiger partial charge in [0.2, 0.25) is 5.91 Å². The van der Waals surface area contributed by atoms with Crippen LogP contribution in [0.2, 0.25) is 0 Å². The predicted octanol–water partition coefficient (Wildman–Crippen LogP) is 2.35. The van der Waals surface area contributed by atoms with Crippen molar-refractivity contribution < 1.29 is 14.7 Å². The number of anilines is 1. The molecule has 5 nitrogen and oxygen atoms in total. The van der Waals surface area contributed by atoms with E-state index in [0.29, 0.717) is 5.13 Å². The van der Waals surface area contributed by atoms with Gasteiger partial charge in [0, 0.05) is 13.0 Å². The maximum atomic E-state index is 11.9. The number of carbonyl (C=O) groups is 2. The monoisotopic (exact) mass is 290 g/mol. The number of amides is 1. The van der Waals surface area contributed by atoms with Crippen molar-refractivity contribution in [1.29, 1.82) is 0 Å². The highest BCUT2D eigenvalue weighted by atomic mass is 32.1. The minimum absolute atomic E-state index is 0.0588. The molecule has 2 aromatic rings. The third kappa shape index (κ3) is 2.06. The number of hydrogen-bond donors (Lipinski definition) is 1. The molecule has 0 saturated carbocycles. The molecule has 104 valence electrons. The third-order valence-electron chi connectivity index (χ3n) is 3.70. The second-order valence-electron chi connectivity index (χ2n) is 5.14. The van der Waals surface area contributed by atoms with Crippen LogP contribution in [-0.4, -0.2) is 28.5 Å². The van der Waals surface area contributed by atoms with E-state index in [1.165, 1.54) is 21.8 Å². The summed E-state index contributed by atoms with van der Waals surface area (Å²) in [6.45, 7) is 4.27. The van der Waals surface area contributed by atoms with Gasteiger partial charge in [0.25, 0.3) is 0 Å². The van der Waals surface area contributed by atoms with Crippen LogP contribution in [0, 0.1) is 19.8 Å². The van der Waals surface area contributed by atoms with Gasteiger partial charge in [0.15, 0.2) is 5.13 Å². The van der Waals surface area contributed by atoms with Crippen molar-refractivity contribution in [2.45, 2.75) is 20.3 Å². The Hall–Kier alpha value is -1.95. The normalized spacial score (nSPS) is 19.0. The number of carboxylic acid groups (broad SMARTS) is 1. The van der Waals surface area contributed by atoms with E-state index in [0.717, 1.165) is 15.8 Å². The molecule has 0 spiro atoms. The van der Waals surface area contributed by atoms with Crippen molar-refractivity contribution in [3.8, 4) is 0 Å². The molecule has 1 saturated heterocycles. The number of hydrogen-bond acceptors (Lipinski definition) is 4. The molecule has 1 amide bonds. The molecule has 1 aromatic heterocycles. The Morgan fingerprint density at radius 1 is 1.40 bits per heavy atom. The molecule has 20 heavy (non-hydrogen) atoms. The average Bonchev–Trinajstić information content (AvgIpc) is 2.93. The van der Waals surface area contributed by atoms with Crippen LogP contribution in [0.1, 0.15) is 17.5 Å². The van der Waals surface area contributed by atoms with Crippen LogP contribution in [-0.2, 0) is 9.59 Å². The maximum Gasteiger partial charge on any atom is 0.308 e. The van der Waals surface area contributed by atoms with Crippen LogP contribution >= 0.6 is 11.3 Å². The lowest BCUT2D eigenvalue weighted by atomic mass is 10.1. The number of fused-ring (bicyclic) bond motifs is 1. The third-order valence-corrected chi connectivity index (χ3v) is 4.74. The van der Waals surface area contributed by atoms with Gasteiger partial charge in [-0.2, -0.15) is 0 Å². The molecule has 1 fully saturated rings. The second kappa shape index (κ2) is 4.56. The highest BCUT2D eigenvalue weighted by Gasteiger charge is 2.36. The minimum atomic E-state index is -0.923. The molecule has 6 heteroatoms. The summed E-state index contributed by atoms with van der Waals surface area (Å²) in [6, 6.07) is 4.06. The van der Waals surface area contributed by atoms with E-state index in [1.807, 2.05) is 19.9 Å². The Morgan fingerprint density at radius 3 is 2.75 bits per heavy atom. The molecule has 2 heterocycles. The highest BCUT2D eigenvalue weighted by molar-refractivity contribution is 7.22. The van der Waals surface area contributed by atoms with E-state index in [4.69, 9.17) is 5.11 Å². The van der Waals surface area contributed by atoms with E-state index in [1.54, 1.807) is 0 Å². The summed E-state index contributed by atoms with van der Waals surface area (Å²) in [5.74, 6) is -1.71. The number of thiazole rings is 1. The number of carbonyl (C=O) groups excluding carboxylic acids is 1. The molecular formula is C14H14N2O3S. The fourth-order valence-electron chi connectivity index (χ4n) is 2.34. The van der Waals surface area contributed by atoms with E-state index < -0.39 is 11.9 Å². The molecule has 0 aliphatic carbocycles. The molecule has 0 radical (unpaired) electrons. The molecule has 1 aliphatic rings. The Kier molecular flexibility index (Phi) is 2.97. The zero-order valence-corrected chi connectivity index (χ0v) is 12.0. The van der Waals surface area contributed by atoms with Gasteiger partial charge in [0.1, 0.15) is 0 Å². The topological polar surface area (TPSA) is 70.5 Å². The van der Waals surface area contributed by atoms with E-state index in [-0.39, 0.29) is 18.9 Å². The van der Waals surface area contributed by atoms with Crippen molar-refractivity contribution in [2.24, 2.45) is 5.92 Å². The summed E-state index contributed by atoms with van der Waals surface area (Å²) < 4.78 is 1.02. The maximum absolute atomic E-state index is 11.9. The molecule has 3 rings (SSSR count). The summed E-state index contributed by atoms with van der Waals surface area (Å²) in [5, 5.41) is 9.61. The first-order valence-corrected chi connectivity index (χ1v) is 7.18. The molecular weight excluding hydrogens is 276 g/mol. The van der Waals surface area contributed by atoms with E-state index >= 15 is 0 Å². The Morgan fingerprint density at radius 2 is 2.10 bits per heavy atom. The number of rotatable bonds is 2. The van der Waals surface area contributed by atoms with Crippen LogP contribution in [0.3, 0.4) is 0 Å². The summed E-state index contributed by atoms with van der Waals surface area (Å²) in [4.78, 5) is 28.9. The summed E-state index contributed by atoms with van der Waals surface area (Å²) in [5.41, 5.74) is 3.20. The van der Waals surface area contributed by atoms with Gasteiger partial charge in [-0.15, -0.1) is 0 Å². The van der Waals surface area contributed by atoms with Crippen LogP contribution in [0.5, 0.6) is 0 Å². The number of aromatic nitrogens is 1. The molecule has 0 bridgehead atoms. The first kappa shape index (κ1) is 13.1. The van der Waals surface area contributed by atoms with Crippen molar-refractivity contribution in [1.82, 2.24) is 4.98 Å². The van der Waals surface area contributed by atoms with Gasteiger partial charge < -0.3 is 5.11 Å². The zero-order chi connectivity index (χ0) is 14.4. The molecule has 1 aliphatic heterocycles. The van der Waals surface area contributed by atoms with Gasteiger partial charge in [-0.3, -0.25) is 14.5 Å². The van der Waals surface area contributed by atoms with Gasteiger partial charge >= 0.3 is 5.97 Å². The Balaban J connectivity index is 1.99. The number of nitrogens with zero attached hydrogens (tertiary/aromatic N) is 2. The highest BCUT2D eigenvalue weighted by Crippen LogP contribution is 2.33. The number of carboxylic acids is 1. The second-order valence-corrected chi connectivity index (χ2v) is 6.15. The number of benzene rings is 1. The lowest BCUT2D eigenvalue weighted by Gasteiger charge is -2.10. The van der Waals surface area contributed by atoms with Gasteiger partial charge in [-0.25, -0.2) is 4.98 Å². The SMILES string of the molecule is Cc1cc2nc(N3CC(C(=O)O)CC3=O)sc2cc1C. The van der Waals surface area contributed by atoms with Gasteiger partial charge in [-0.1, -0.05) is 11.3 Å². The fraction of sp³-hybridized carbons (Fsp3) is 0.357. The number of aliphatic carboxylic acids is 1. The molecule has 1 aromatic carbocycles. The van der Waals surface area contributed by atoms with Crippen LogP contribution in [0.25, 0.3) is 10.2 Å². The lowest BCUT2D eigenvalue weighted by Crippen LogP contribution is -2.25. The van der Waals surface area contributed by atoms with Gasteiger partial charge in [-0.05, 0) is 37.1 Å². The molecule has 1 atom stereocenters. The molecule has 1 unspecified atom stereocenters. The number of aryl methyl sites for hydroxylation is 2. The van der Waals surface area contributed by atoms with Crippen molar-refractivity contribution in [3.05, 3.63) is 23.3 Å².